The van der Waals surface area contributed by atoms with Gasteiger partial charge in [0.05, 0.1) is 5.69 Å². The van der Waals surface area contributed by atoms with Crippen molar-refractivity contribution in [2.24, 2.45) is 0 Å². The highest BCUT2D eigenvalue weighted by Crippen LogP contribution is 2.09. The average molecular weight is 239 g/mol. The number of hydrogen-bond acceptors (Lipinski definition) is 3. The molecule has 0 aliphatic heterocycles. The minimum atomic E-state index is 0.796. The summed E-state index contributed by atoms with van der Waals surface area (Å²) in [6, 6.07) is 0. The van der Waals surface area contributed by atoms with Crippen molar-refractivity contribution in [3.8, 4) is 0 Å². The van der Waals surface area contributed by atoms with E-state index in [1.165, 1.54) is 12.8 Å². The molecule has 1 heterocycles. The van der Waals surface area contributed by atoms with E-state index in [1.807, 2.05) is 13.8 Å². The van der Waals surface area contributed by atoms with Gasteiger partial charge in [-0.1, -0.05) is 13.3 Å². The van der Waals surface area contributed by atoms with Gasteiger partial charge < -0.3 is 14.6 Å². The fourth-order valence-electron chi connectivity index (χ4n) is 1.72. The van der Waals surface area contributed by atoms with Crippen LogP contribution < -0.4 is 5.32 Å². The van der Waals surface area contributed by atoms with Crippen LogP contribution in [0.3, 0.4) is 0 Å². The molecule has 1 aromatic rings. The number of ether oxygens (including phenoxy) is 1. The van der Waals surface area contributed by atoms with E-state index in [0.29, 0.717) is 0 Å². The number of anilines is 1. The van der Waals surface area contributed by atoms with Crippen LogP contribution in [0, 0.1) is 6.92 Å². The van der Waals surface area contributed by atoms with E-state index in [9.17, 15) is 0 Å². The van der Waals surface area contributed by atoms with Gasteiger partial charge in [0, 0.05) is 32.5 Å². The van der Waals surface area contributed by atoms with Crippen molar-refractivity contribution in [1.82, 2.24) is 9.55 Å². The number of imidazole rings is 1. The van der Waals surface area contributed by atoms with Crippen molar-refractivity contribution in [3.05, 3.63) is 11.9 Å². The third-order valence-corrected chi connectivity index (χ3v) is 2.60. The molecule has 0 atom stereocenters. The maximum atomic E-state index is 5.35. The molecule has 17 heavy (non-hydrogen) atoms. The second-order valence-corrected chi connectivity index (χ2v) is 4.23. The van der Waals surface area contributed by atoms with E-state index in [1.54, 1.807) is 0 Å². The van der Waals surface area contributed by atoms with E-state index in [0.717, 1.165) is 44.4 Å². The van der Waals surface area contributed by atoms with Crippen LogP contribution >= 0.6 is 0 Å². The number of rotatable bonds is 9. The summed E-state index contributed by atoms with van der Waals surface area (Å²) in [5.41, 5.74) is 1.07. The lowest BCUT2D eigenvalue weighted by Crippen LogP contribution is -2.09. The van der Waals surface area contributed by atoms with Gasteiger partial charge in [0.2, 0.25) is 5.95 Å². The van der Waals surface area contributed by atoms with Crippen LogP contribution in [0.5, 0.6) is 0 Å². The van der Waals surface area contributed by atoms with Gasteiger partial charge in [-0.2, -0.15) is 0 Å². The number of unbranched alkanes of at least 4 members (excludes halogenated alkanes) is 1. The Hall–Kier alpha value is -1.03. The minimum Gasteiger partial charge on any atom is -0.382 e. The second kappa shape index (κ2) is 8.12. The molecule has 0 unspecified atom stereocenters. The van der Waals surface area contributed by atoms with Gasteiger partial charge in [-0.05, 0) is 26.7 Å². The lowest BCUT2D eigenvalue weighted by atomic mass is 10.3. The van der Waals surface area contributed by atoms with Crippen molar-refractivity contribution in [2.45, 2.75) is 46.6 Å². The number of hydrogen-bond donors (Lipinski definition) is 1. The predicted octanol–water partition coefficient (Wildman–Crippen LogP) is 2.83. The van der Waals surface area contributed by atoms with Gasteiger partial charge in [-0.15, -0.1) is 0 Å². The van der Waals surface area contributed by atoms with E-state index in [-0.39, 0.29) is 0 Å². The zero-order chi connectivity index (χ0) is 12.5. The average Bonchev–Trinajstić information content (AvgIpc) is 2.66. The molecule has 0 saturated heterocycles. The third-order valence-electron chi connectivity index (χ3n) is 2.60. The molecule has 0 bridgehead atoms. The van der Waals surface area contributed by atoms with Crippen LogP contribution in [0.25, 0.3) is 0 Å². The number of aryl methyl sites for hydroxylation is 2. The Labute approximate surface area is 104 Å². The summed E-state index contributed by atoms with van der Waals surface area (Å²) in [6.07, 6.45) is 5.52. The highest BCUT2D eigenvalue weighted by atomic mass is 16.5. The van der Waals surface area contributed by atoms with E-state index in [2.05, 4.69) is 28.0 Å². The molecule has 0 saturated carbocycles. The molecule has 0 amide bonds. The van der Waals surface area contributed by atoms with Crippen molar-refractivity contribution in [3.63, 3.8) is 0 Å². The van der Waals surface area contributed by atoms with Gasteiger partial charge >= 0.3 is 0 Å². The van der Waals surface area contributed by atoms with Crippen LogP contribution in [-0.4, -0.2) is 29.3 Å². The van der Waals surface area contributed by atoms with Crippen LogP contribution in [0.2, 0.25) is 0 Å². The minimum absolute atomic E-state index is 0.796. The summed E-state index contributed by atoms with van der Waals surface area (Å²) >= 11 is 0. The standard InChI is InChI=1S/C13H25N3O/c1-4-6-8-14-13-15-12(3)11-16(13)9-7-10-17-5-2/h11H,4-10H2,1-3H3,(H,14,15). The fraction of sp³-hybridized carbons (Fsp3) is 0.769. The second-order valence-electron chi connectivity index (χ2n) is 4.23. The monoisotopic (exact) mass is 239 g/mol. The van der Waals surface area contributed by atoms with Crippen LogP contribution in [0.1, 0.15) is 38.8 Å². The Morgan fingerprint density at radius 2 is 2.18 bits per heavy atom. The molecule has 98 valence electrons. The zero-order valence-electron chi connectivity index (χ0n) is 11.3. The molecular formula is C13H25N3O. The van der Waals surface area contributed by atoms with Gasteiger partial charge in [-0.25, -0.2) is 4.98 Å². The molecule has 0 radical (unpaired) electrons. The van der Waals surface area contributed by atoms with Crippen molar-refractivity contribution in [2.75, 3.05) is 25.1 Å². The Balaban J connectivity index is 2.40. The molecule has 1 rings (SSSR count). The summed E-state index contributed by atoms with van der Waals surface area (Å²) in [7, 11) is 0. The largest absolute Gasteiger partial charge is 0.382 e. The van der Waals surface area contributed by atoms with Gasteiger partial charge in [0.1, 0.15) is 0 Å². The van der Waals surface area contributed by atoms with Crippen molar-refractivity contribution < 1.29 is 4.74 Å². The van der Waals surface area contributed by atoms with Gasteiger partial charge in [-0.3, -0.25) is 0 Å². The quantitative estimate of drug-likeness (QED) is 0.673. The summed E-state index contributed by atoms with van der Waals surface area (Å²) in [5.74, 6) is 0.993. The van der Waals surface area contributed by atoms with E-state index < -0.39 is 0 Å². The first-order valence-electron chi connectivity index (χ1n) is 6.63. The molecule has 4 nitrogen and oxygen atoms in total. The summed E-state index contributed by atoms with van der Waals surface area (Å²) in [6.45, 7) is 9.84. The van der Waals surface area contributed by atoms with Crippen LogP contribution in [0.4, 0.5) is 5.95 Å². The van der Waals surface area contributed by atoms with Gasteiger partial charge in [0.25, 0.3) is 0 Å². The first-order valence-corrected chi connectivity index (χ1v) is 6.63. The summed E-state index contributed by atoms with van der Waals surface area (Å²) in [4.78, 5) is 4.49. The van der Waals surface area contributed by atoms with Crippen LogP contribution in [0.15, 0.2) is 6.20 Å². The van der Waals surface area contributed by atoms with E-state index >= 15 is 0 Å². The lowest BCUT2D eigenvalue weighted by Gasteiger charge is -2.09. The summed E-state index contributed by atoms with van der Waals surface area (Å²) in [5, 5.41) is 3.39. The van der Waals surface area contributed by atoms with Crippen LogP contribution in [-0.2, 0) is 11.3 Å². The first-order chi connectivity index (χ1) is 8.27. The molecule has 4 heteroatoms. The first kappa shape index (κ1) is 14.0. The Morgan fingerprint density at radius 1 is 1.35 bits per heavy atom. The maximum Gasteiger partial charge on any atom is 0.203 e. The van der Waals surface area contributed by atoms with Gasteiger partial charge in [0.15, 0.2) is 0 Å². The molecule has 0 spiro atoms. The molecular weight excluding hydrogens is 214 g/mol. The molecule has 0 aliphatic rings. The number of nitrogens with one attached hydrogen (secondary N) is 1. The smallest absolute Gasteiger partial charge is 0.203 e. The zero-order valence-corrected chi connectivity index (χ0v) is 11.3. The predicted molar refractivity (Wildman–Crippen MR) is 71.5 cm³/mol. The molecule has 0 fully saturated rings. The summed E-state index contributed by atoms with van der Waals surface area (Å²) < 4.78 is 7.53. The Kier molecular flexibility index (Phi) is 6.70. The fourth-order valence-corrected chi connectivity index (χ4v) is 1.72. The maximum absolute atomic E-state index is 5.35. The molecule has 0 aromatic carbocycles. The Morgan fingerprint density at radius 3 is 2.88 bits per heavy atom. The topological polar surface area (TPSA) is 39.1 Å². The Bertz CT molecular complexity index is 310. The third kappa shape index (κ3) is 5.22. The molecule has 0 aliphatic carbocycles. The molecule has 1 N–H and O–H groups in total. The highest BCUT2D eigenvalue weighted by Gasteiger charge is 2.04. The van der Waals surface area contributed by atoms with Crippen molar-refractivity contribution >= 4 is 5.95 Å². The SMILES string of the molecule is CCCCNc1nc(C)cn1CCCOCC. The van der Waals surface area contributed by atoms with E-state index in [4.69, 9.17) is 4.74 Å². The highest BCUT2D eigenvalue weighted by molar-refractivity contribution is 5.28. The number of aromatic nitrogens is 2. The lowest BCUT2D eigenvalue weighted by molar-refractivity contribution is 0.142. The number of nitrogens with zero attached hydrogens (tertiary/aromatic N) is 2. The van der Waals surface area contributed by atoms with Crippen molar-refractivity contribution in [1.29, 1.82) is 0 Å². The molecule has 1 aromatic heterocycles. The normalized spacial score (nSPS) is 10.8.